The van der Waals surface area contributed by atoms with Crippen molar-refractivity contribution in [3.63, 3.8) is 0 Å². The third-order valence-electron chi connectivity index (χ3n) is 6.95. The Morgan fingerprint density at radius 2 is 1.94 bits per heavy atom. The molecule has 2 heterocycles. The number of fused-ring (bicyclic) bond motifs is 1. The van der Waals surface area contributed by atoms with E-state index in [1.54, 1.807) is 6.07 Å². The van der Waals surface area contributed by atoms with Crippen LogP contribution in [0.2, 0.25) is 5.02 Å². The molecule has 0 radical (unpaired) electrons. The van der Waals surface area contributed by atoms with Crippen molar-refractivity contribution in [2.24, 2.45) is 0 Å². The lowest BCUT2D eigenvalue weighted by atomic mass is 10.0. The van der Waals surface area contributed by atoms with Gasteiger partial charge in [-0.2, -0.15) is 0 Å². The summed E-state index contributed by atoms with van der Waals surface area (Å²) in [6.45, 7) is 7.54. The zero-order chi connectivity index (χ0) is 25.7. The van der Waals surface area contributed by atoms with Crippen molar-refractivity contribution in [1.29, 1.82) is 0 Å². The lowest BCUT2D eigenvalue weighted by Crippen LogP contribution is -2.36. The summed E-state index contributed by atoms with van der Waals surface area (Å²) < 4.78 is 0. The molecular weight excluding hydrogens is 472 g/mol. The number of aromatic nitrogens is 2. The molecule has 0 bridgehead atoms. The van der Waals surface area contributed by atoms with Gasteiger partial charge in [-0.1, -0.05) is 35.9 Å². The van der Waals surface area contributed by atoms with E-state index in [0.29, 0.717) is 29.3 Å². The number of hydrogen-bond acceptors (Lipinski definition) is 3. The number of amides is 2. The van der Waals surface area contributed by atoms with Crippen LogP contribution < -0.4 is 5.32 Å². The van der Waals surface area contributed by atoms with Crippen LogP contribution in [-0.2, 0) is 9.59 Å². The predicted molar refractivity (Wildman–Crippen MR) is 146 cm³/mol. The topological polar surface area (TPSA) is 78.1 Å². The summed E-state index contributed by atoms with van der Waals surface area (Å²) >= 11 is 6.16. The minimum atomic E-state index is -0.428. The van der Waals surface area contributed by atoms with Crippen molar-refractivity contribution < 1.29 is 9.59 Å². The highest BCUT2D eigenvalue weighted by molar-refractivity contribution is 6.31. The molecule has 2 amide bonds. The minimum absolute atomic E-state index is 0.133. The first-order chi connectivity index (χ1) is 17.4. The van der Waals surface area contributed by atoms with Crippen LogP contribution in [0, 0.1) is 0 Å². The molecule has 1 saturated heterocycles. The van der Waals surface area contributed by atoms with Crippen LogP contribution in [0.25, 0.3) is 11.0 Å². The number of nitrogens with one attached hydrogen (secondary N) is 2. The number of piperidine rings is 1. The average Bonchev–Trinajstić information content (AvgIpc) is 3.19. The van der Waals surface area contributed by atoms with Crippen molar-refractivity contribution in [2.75, 3.05) is 13.1 Å². The quantitative estimate of drug-likeness (QED) is 0.449. The Labute approximate surface area is 218 Å². The van der Waals surface area contributed by atoms with Gasteiger partial charge in [-0.25, -0.2) is 4.98 Å². The van der Waals surface area contributed by atoms with E-state index in [-0.39, 0.29) is 11.8 Å². The number of imidazole rings is 1. The molecule has 7 heteroatoms. The van der Waals surface area contributed by atoms with Gasteiger partial charge in [0.1, 0.15) is 11.9 Å². The molecule has 0 spiro atoms. The molecule has 1 aromatic carbocycles. The molecule has 1 aliphatic heterocycles. The zero-order valence-corrected chi connectivity index (χ0v) is 22.1. The number of carbonyl (C=O) groups is 2. The Bertz CT molecular complexity index is 1260. The normalized spacial score (nSPS) is 18.4. The Morgan fingerprint density at radius 3 is 2.69 bits per heavy atom. The van der Waals surface area contributed by atoms with Crippen LogP contribution in [-0.4, -0.2) is 39.8 Å². The molecule has 1 unspecified atom stereocenters. The SMILES string of the molecule is C/C=C\C=C(/C)C(NC(=O)C1=CC(C)=C(C(=O)N2CCCCC2)CCC1)c1nc2ccc(Cl)cc2[nH]1. The van der Waals surface area contributed by atoms with E-state index in [0.717, 1.165) is 60.1 Å². The molecule has 1 aliphatic carbocycles. The van der Waals surface area contributed by atoms with Gasteiger partial charge in [-0.05, 0) is 88.6 Å². The van der Waals surface area contributed by atoms with Gasteiger partial charge < -0.3 is 15.2 Å². The first kappa shape index (κ1) is 26.0. The van der Waals surface area contributed by atoms with Crippen molar-refractivity contribution in [3.8, 4) is 0 Å². The Morgan fingerprint density at radius 1 is 1.17 bits per heavy atom. The zero-order valence-electron chi connectivity index (χ0n) is 21.4. The second kappa shape index (κ2) is 11.7. The molecule has 2 aromatic rings. The van der Waals surface area contributed by atoms with E-state index in [1.165, 1.54) is 6.42 Å². The fourth-order valence-electron chi connectivity index (χ4n) is 4.92. The molecule has 6 nitrogen and oxygen atoms in total. The largest absolute Gasteiger partial charge is 0.340 e. The lowest BCUT2D eigenvalue weighted by molar-refractivity contribution is -0.128. The molecule has 36 heavy (non-hydrogen) atoms. The van der Waals surface area contributed by atoms with E-state index in [2.05, 4.69) is 10.3 Å². The third-order valence-corrected chi connectivity index (χ3v) is 7.19. The minimum Gasteiger partial charge on any atom is -0.340 e. The van der Waals surface area contributed by atoms with Gasteiger partial charge in [-0.3, -0.25) is 9.59 Å². The molecule has 0 saturated carbocycles. The maximum Gasteiger partial charge on any atom is 0.250 e. The highest BCUT2D eigenvalue weighted by Gasteiger charge is 2.26. The lowest BCUT2D eigenvalue weighted by Gasteiger charge is -2.28. The summed E-state index contributed by atoms with van der Waals surface area (Å²) in [6.07, 6.45) is 13.2. The van der Waals surface area contributed by atoms with Crippen molar-refractivity contribution in [2.45, 2.75) is 65.3 Å². The maximum atomic E-state index is 13.5. The van der Waals surface area contributed by atoms with Crippen LogP contribution in [0.15, 0.2) is 64.8 Å². The van der Waals surface area contributed by atoms with Crippen LogP contribution in [0.1, 0.15) is 71.2 Å². The van der Waals surface area contributed by atoms with Gasteiger partial charge in [0.05, 0.1) is 11.0 Å². The van der Waals surface area contributed by atoms with Crippen molar-refractivity contribution in [3.05, 3.63) is 75.6 Å². The molecule has 1 atom stereocenters. The van der Waals surface area contributed by atoms with Gasteiger partial charge >= 0.3 is 0 Å². The van der Waals surface area contributed by atoms with Crippen LogP contribution >= 0.6 is 11.6 Å². The predicted octanol–water partition coefficient (Wildman–Crippen LogP) is 6.34. The maximum absolute atomic E-state index is 13.5. The summed E-state index contributed by atoms with van der Waals surface area (Å²) in [5.74, 6) is 0.646. The Kier molecular flexibility index (Phi) is 8.47. The highest BCUT2D eigenvalue weighted by Crippen LogP contribution is 2.28. The van der Waals surface area contributed by atoms with E-state index in [1.807, 2.05) is 62.1 Å². The molecule has 1 aromatic heterocycles. The van der Waals surface area contributed by atoms with E-state index >= 15 is 0 Å². The van der Waals surface area contributed by atoms with Crippen LogP contribution in [0.3, 0.4) is 0 Å². The molecule has 2 N–H and O–H groups in total. The van der Waals surface area contributed by atoms with Gasteiger partial charge in [0.2, 0.25) is 11.8 Å². The number of allylic oxidation sites excluding steroid dienone is 5. The number of halogens is 1. The second-order valence-electron chi connectivity index (χ2n) is 9.66. The molecule has 2 aliphatic rings. The third kappa shape index (κ3) is 5.98. The van der Waals surface area contributed by atoms with E-state index < -0.39 is 6.04 Å². The van der Waals surface area contributed by atoms with Crippen LogP contribution in [0.4, 0.5) is 0 Å². The number of aromatic amines is 1. The number of likely N-dealkylation sites (tertiary alicyclic amines) is 1. The smallest absolute Gasteiger partial charge is 0.250 e. The van der Waals surface area contributed by atoms with Crippen molar-refractivity contribution in [1.82, 2.24) is 20.2 Å². The van der Waals surface area contributed by atoms with Gasteiger partial charge in [0, 0.05) is 29.3 Å². The van der Waals surface area contributed by atoms with Crippen LogP contribution in [0.5, 0.6) is 0 Å². The summed E-state index contributed by atoms with van der Waals surface area (Å²) in [5.41, 5.74) is 5.00. The van der Waals surface area contributed by atoms with E-state index in [4.69, 9.17) is 16.6 Å². The molecule has 4 rings (SSSR count). The van der Waals surface area contributed by atoms with Gasteiger partial charge in [0.15, 0.2) is 0 Å². The van der Waals surface area contributed by atoms with E-state index in [9.17, 15) is 9.59 Å². The number of benzene rings is 1. The molecular formula is C29H35ClN4O2. The summed E-state index contributed by atoms with van der Waals surface area (Å²) in [4.78, 5) is 36.7. The first-order valence-electron chi connectivity index (χ1n) is 12.8. The summed E-state index contributed by atoms with van der Waals surface area (Å²) in [7, 11) is 0. The number of hydrogen-bond donors (Lipinski definition) is 2. The summed E-state index contributed by atoms with van der Waals surface area (Å²) in [5, 5.41) is 3.81. The van der Waals surface area contributed by atoms with Crippen molar-refractivity contribution >= 4 is 34.4 Å². The standard InChI is InChI=1S/C29H35ClN4O2/c1-4-5-10-19(2)26(27-31-24-14-13-22(30)18-25(24)32-27)33-28(35)21-11-9-12-23(20(3)17-21)29(36)34-15-7-6-8-16-34/h4-5,10,13-14,17-18,26H,6-9,11-12,15-16H2,1-3H3,(H,31,32)(H,33,35)/b5-4-,19-10+. The number of H-pyrrole nitrogens is 1. The highest BCUT2D eigenvalue weighted by atomic mass is 35.5. The number of nitrogens with zero attached hydrogens (tertiary/aromatic N) is 2. The second-order valence-corrected chi connectivity index (χ2v) is 10.1. The Balaban J connectivity index is 1.60. The summed E-state index contributed by atoms with van der Waals surface area (Å²) in [6, 6.07) is 5.08. The Hall–Kier alpha value is -3.12. The fourth-order valence-corrected chi connectivity index (χ4v) is 5.09. The average molecular weight is 507 g/mol. The van der Waals surface area contributed by atoms with Gasteiger partial charge in [-0.15, -0.1) is 0 Å². The number of carbonyl (C=O) groups excluding carboxylic acids is 2. The molecule has 190 valence electrons. The fraction of sp³-hybridized carbons (Fsp3) is 0.414. The molecule has 1 fully saturated rings. The first-order valence-corrected chi connectivity index (χ1v) is 13.2. The monoisotopic (exact) mass is 506 g/mol. The number of rotatable bonds is 6. The van der Waals surface area contributed by atoms with Gasteiger partial charge in [0.25, 0.3) is 0 Å².